The lowest BCUT2D eigenvalue weighted by molar-refractivity contribution is 0.0281. The third-order valence-electron chi connectivity index (χ3n) is 3.77. The second-order valence-corrected chi connectivity index (χ2v) is 5.23. The summed E-state index contributed by atoms with van der Waals surface area (Å²) in [6.45, 7) is 3.97. The highest BCUT2D eigenvalue weighted by molar-refractivity contribution is 5.93. The monoisotopic (exact) mass is 273 g/mol. The molecule has 2 aromatic rings. The van der Waals surface area contributed by atoms with Gasteiger partial charge < -0.3 is 20.5 Å². The number of nitrogens with two attached hydrogens (primary N) is 1. The summed E-state index contributed by atoms with van der Waals surface area (Å²) in [6.07, 6.45) is 1.83. The minimum absolute atomic E-state index is 0.0283. The van der Waals surface area contributed by atoms with Crippen LogP contribution in [-0.4, -0.2) is 41.9 Å². The molecule has 3 rings (SSSR count). The van der Waals surface area contributed by atoms with Crippen molar-refractivity contribution in [3.05, 3.63) is 30.5 Å². The lowest BCUT2D eigenvalue weighted by Crippen LogP contribution is -2.51. The summed E-state index contributed by atoms with van der Waals surface area (Å²) in [5.41, 5.74) is 5.71. The number of hydrogen-bond donors (Lipinski definition) is 2. The van der Waals surface area contributed by atoms with Gasteiger partial charge in [-0.15, -0.1) is 0 Å². The van der Waals surface area contributed by atoms with Gasteiger partial charge in [0.1, 0.15) is 11.6 Å². The number of anilines is 1. The number of pyridine rings is 1. The van der Waals surface area contributed by atoms with Crippen molar-refractivity contribution in [3.63, 3.8) is 0 Å². The first kappa shape index (κ1) is 13.1. The second-order valence-electron chi connectivity index (χ2n) is 5.23. The first-order chi connectivity index (χ1) is 9.69. The Bertz CT molecular complexity index is 617. The molecule has 20 heavy (non-hydrogen) atoms. The lowest BCUT2D eigenvalue weighted by atomic mass is 10.1. The average molecular weight is 273 g/mol. The fourth-order valence-electron chi connectivity index (χ4n) is 2.62. The molecule has 5 nitrogen and oxygen atoms in total. The van der Waals surface area contributed by atoms with E-state index in [2.05, 4.69) is 16.8 Å². The Morgan fingerprint density at radius 2 is 2.30 bits per heavy atom. The van der Waals surface area contributed by atoms with E-state index < -0.39 is 0 Å². The van der Waals surface area contributed by atoms with Gasteiger partial charge in [0.15, 0.2) is 0 Å². The number of morpholine rings is 1. The Kier molecular flexibility index (Phi) is 3.46. The molecule has 0 bridgehead atoms. The highest BCUT2D eigenvalue weighted by Gasteiger charge is 2.27. The number of phenolic OH excluding ortho intramolecular Hbond substituents is 1. The van der Waals surface area contributed by atoms with Crippen molar-refractivity contribution in [1.82, 2.24) is 4.98 Å². The number of aromatic nitrogens is 1. The van der Waals surface area contributed by atoms with Gasteiger partial charge in [-0.1, -0.05) is 6.07 Å². The maximum atomic E-state index is 9.73. The normalized spacial score (nSPS) is 23.2. The molecule has 106 valence electrons. The van der Waals surface area contributed by atoms with Gasteiger partial charge in [0, 0.05) is 24.7 Å². The van der Waals surface area contributed by atoms with Crippen LogP contribution in [0.15, 0.2) is 30.5 Å². The number of fused-ring (bicyclic) bond motifs is 1. The van der Waals surface area contributed by atoms with Crippen LogP contribution in [-0.2, 0) is 4.74 Å². The highest BCUT2D eigenvalue weighted by atomic mass is 16.5. The first-order valence-corrected chi connectivity index (χ1v) is 6.85. The fourth-order valence-corrected chi connectivity index (χ4v) is 2.62. The topological polar surface area (TPSA) is 71.6 Å². The number of ether oxygens (including phenoxy) is 1. The Hall–Kier alpha value is -1.85. The van der Waals surface area contributed by atoms with Crippen molar-refractivity contribution >= 4 is 16.6 Å². The van der Waals surface area contributed by atoms with Gasteiger partial charge in [-0.25, -0.2) is 4.98 Å². The molecule has 1 saturated heterocycles. The average Bonchev–Trinajstić information content (AvgIpc) is 2.47. The smallest absolute Gasteiger partial charge is 0.136 e. The van der Waals surface area contributed by atoms with Gasteiger partial charge in [-0.05, 0) is 30.5 Å². The molecule has 1 aliphatic heterocycles. The van der Waals surface area contributed by atoms with E-state index in [9.17, 15) is 5.11 Å². The molecule has 5 heteroatoms. The number of hydrogen-bond acceptors (Lipinski definition) is 5. The van der Waals surface area contributed by atoms with Gasteiger partial charge in [-0.2, -0.15) is 0 Å². The predicted molar refractivity (Wildman–Crippen MR) is 79.0 cm³/mol. The molecule has 1 aromatic carbocycles. The lowest BCUT2D eigenvalue weighted by Gasteiger charge is -2.39. The van der Waals surface area contributed by atoms with Crippen LogP contribution < -0.4 is 10.6 Å². The van der Waals surface area contributed by atoms with Crippen LogP contribution in [0.25, 0.3) is 10.8 Å². The van der Waals surface area contributed by atoms with Crippen molar-refractivity contribution in [1.29, 1.82) is 0 Å². The van der Waals surface area contributed by atoms with Gasteiger partial charge in [-0.3, -0.25) is 0 Å². The molecule has 1 aliphatic rings. The minimum atomic E-state index is 0.0283. The van der Waals surface area contributed by atoms with Crippen LogP contribution >= 0.6 is 0 Å². The Morgan fingerprint density at radius 3 is 3.10 bits per heavy atom. The van der Waals surface area contributed by atoms with Crippen LogP contribution in [0.5, 0.6) is 5.75 Å². The van der Waals surface area contributed by atoms with Crippen molar-refractivity contribution in [2.75, 3.05) is 24.6 Å². The highest BCUT2D eigenvalue weighted by Crippen LogP contribution is 2.30. The van der Waals surface area contributed by atoms with Crippen molar-refractivity contribution < 1.29 is 9.84 Å². The number of benzene rings is 1. The summed E-state index contributed by atoms with van der Waals surface area (Å²) in [5, 5.41) is 11.7. The van der Waals surface area contributed by atoms with Gasteiger partial charge in [0.05, 0.1) is 18.8 Å². The number of nitrogens with zero attached hydrogens (tertiary/aromatic N) is 2. The maximum absolute atomic E-state index is 9.73. The Morgan fingerprint density at radius 1 is 1.45 bits per heavy atom. The van der Waals surface area contributed by atoms with Crippen LogP contribution in [0, 0.1) is 0 Å². The van der Waals surface area contributed by atoms with Crippen molar-refractivity contribution in [2.45, 2.75) is 19.1 Å². The molecule has 0 radical (unpaired) electrons. The van der Waals surface area contributed by atoms with Crippen LogP contribution in [0.1, 0.15) is 6.92 Å². The zero-order valence-corrected chi connectivity index (χ0v) is 11.5. The summed E-state index contributed by atoms with van der Waals surface area (Å²) in [4.78, 5) is 6.72. The molecule has 2 unspecified atom stereocenters. The van der Waals surface area contributed by atoms with E-state index in [0.717, 1.165) is 23.1 Å². The van der Waals surface area contributed by atoms with Crippen molar-refractivity contribution in [3.8, 4) is 5.75 Å². The SMILES string of the molecule is CC1COC(CN)CN1c1nccc2ccc(O)cc12. The summed E-state index contributed by atoms with van der Waals surface area (Å²) in [7, 11) is 0. The molecule has 1 fully saturated rings. The Labute approximate surface area is 118 Å². The first-order valence-electron chi connectivity index (χ1n) is 6.85. The molecule has 0 spiro atoms. The summed E-state index contributed by atoms with van der Waals surface area (Å²) >= 11 is 0. The van der Waals surface area contributed by atoms with Crippen LogP contribution in [0.2, 0.25) is 0 Å². The quantitative estimate of drug-likeness (QED) is 0.867. The largest absolute Gasteiger partial charge is 0.508 e. The van der Waals surface area contributed by atoms with E-state index in [4.69, 9.17) is 10.5 Å². The summed E-state index contributed by atoms with van der Waals surface area (Å²) in [6, 6.07) is 7.54. The fraction of sp³-hybridized carbons (Fsp3) is 0.400. The third-order valence-corrected chi connectivity index (χ3v) is 3.77. The molecular weight excluding hydrogens is 254 g/mol. The number of aromatic hydroxyl groups is 1. The van der Waals surface area contributed by atoms with E-state index in [-0.39, 0.29) is 17.9 Å². The zero-order chi connectivity index (χ0) is 14.1. The summed E-state index contributed by atoms with van der Waals surface area (Å²) < 4.78 is 5.68. The van der Waals surface area contributed by atoms with E-state index in [0.29, 0.717) is 13.2 Å². The van der Waals surface area contributed by atoms with Gasteiger partial charge in [0.25, 0.3) is 0 Å². The molecule has 0 amide bonds. The zero-order valence-electron chi connectivity index (χ0n) is 11.5. The molecule has 0 aliphatic carbocycles. The molecule has 2 atom stereocenters. The van der Waals surface area contributed by atoms with E-state index in [1.54, 1.807) is 18.3 Å². The van der Waals surface area contributed by atoms with E-state index >= 15 is 0 Å². The van der Waals surface area contributed by atoms with Crippen LogP contribution in [0.3, 0.4) is 0 Å². The maximum Gasteiger partial charge on any atom is 0.136 e. The minimum Gasteiger partial charge on any atom is -0.508 e. The van der Waals surface area contributed by atoms with E-state index in [1.165, 1.54) is 0 Å². The van der Waals surface area contributed by atoms with Gasteiger partial charge in [0.2, 0.25) is 0 Å². The third kappa shape index (κ3) is 2.30. The van der Waals surface area contributed by atoms with Crippen molar-refractivity contribution in [2.24, 2.45) is 5.73 Å². The summed E-state index contributed by atoms with van der Waals surface area (Å²) in [5.74, 6) is 1.13. The Balaban J connectivity index is 2.06. The van der Waals surface area contributed by atoms with E-state index in [1.807, 2.05) is 12.1 Å². The second kappa shape index (κ2) is 5.26. The molecule has 3 N–H and O–H groups in total. The molecule has 2 heterocycles. The molecule has 1 aromatic heterocycles. The number of rotatable bonds is 2. The van der Waals surface area contributed by atoms with Crippen LogP contribution in [0.4, 0.5) is 5.82 Å². The number of phenols is 1. The van der Waals surface area contributed by atoms with Gasteiger partial charge >= 0.3 is 0 Å². The molecular formula is C15H19N3O2. The standard InChI is InChI=1S/C15H19N3O2/c1-10-9-20-13(7-16)8-18(10)15-14-6-12(19)3-2-11(14)4-5-17-15/h2-6,10,13,19H,7-9,16H2,1H3. The molecule has 0 saturated carbocycles. The predicted octanol–water partition coefficient (Wildman–Crippen LogP) is 1.49.